The van der Waals surface area contributed by atoms with Crippen molar-refractivity contribution in [1.29, 1.82) is 0 Å². The van der Waals surface area contributed by atoms with Gasteiger partial charge in [-0.15, -0.1) is 0 Å². The minimum absolute atomic E-state index is 0.0546. The molecule has 5 nitrogen and oxygen atoms in total. The van der Waals surface area contributed by atoms with Crippen LogP contribution in [0.15, 0.2) is 48.2 Å². The van der Waals surface area contributed by atoms with Gasteiger partial charge >= 0.3 is 0 Å². The Morgan fingerprint density at radius 1 is 1.21 bits per heavy atom. The molecule has 0 bridgehead atoms. The van der Waals surface area contributed by atoms with Gasteiger partial charge in [-0.05, 0) is 67.4 Å². The highest BCUT2D eigenvalue weighted by atomic mass is 32.1. The quantitative estimate of drug-likeness (QED) is 0.597. The lowest BCUT2D eigenvalue weighted by atomic mass is 10.1. The molecular weight excluding hydrogens is 372 g/mol. The van der Waals surface area contributed by atoms with Crippen LogP contribution in [0.25, 0.3) is 6.08 Å². The third-order valence-corrected chi connectivity index (χ3v) is 5.21. The van der Waals surface area contributed by atoms with E-state index in [9.17, 15) is 4.79 Å². The first-order valence-electron chi connectivity index (χ1n) is 9.28. The molecule has 144 valence electrons. The maximum atomic E-state index is 12.6. The van der Waals surface area contributed by atoms with Crippen molar-refractivity contribution in [2.45, 2.75) is 32.4 Å². The Morgan fingerprint density at radius 2 is 2.00 bits per heavy atom. The van der Waals surface area contributed by atoms with Gasteiger partial charge in [0.25, 0.3) is 5.91 Å². The summed E-state index contributed by atoms with van der Waals surface area (Å²) in [5.74, 6) is 1.53. The van der Waals surface area contributed by atoms with E-state index in [0.717, 1.165) is 41.0 Å². The summed E-state index contributed by atoms with van der Waals surface area (Å²) < 4.78 is 11.4. The highest BCUT2D eigenvalue weighted by Gasteiger charge is 2.41. The van der Waals surface area contributed by atoms with Gasteiger partial charge in [-0.2, -0.15) is 0 Å². The van der Waals surface area contributed by atoms with Crippen LogP contribution in [-0.4, -0.2) is 29.1 Å². The van der Waals surface area contributed by atoms with Gasteiger partial charge in [0.15, 0.2) is 5.11 Å². The van der Waals surface area contributed by atoms with E-state index in [4.69, 9.17) is 21.7 Å². The number of hydrogen-bond acceptors (Lipinski definition) is 4. The number of carbonyl (C=O) groups excluding carboxylic acids is 1. The Hall–Kier alpha value is -2.86. The zero-order chi connectivity index (χ0) is 19.7. The molecule has 1 saturated heterocycles. The number of nitrogens with zero attached hydrogens (tertiary/aromatic N) is 1. The number of hydrogen-bond donors (Lipinski definition) is 1. The highest BCUT2D eigenvalue weighted by Crippen LogP contribution is 2.31. The number of carbonyl (C=O) groups is 1. The van der Waals surface area contributed by atoms with Gasteiger partial charge in [0.2, 0.25) is 0 Å². The first-order valence-corrected chi connectivity index (χ1v) is 9.69. The lowest BCUT2D eigenvalue weighted by molar-refractivity contribution is -0.122. The fraction of sp³-hybridized carbons (Fsp3) is 0.273. The molecule has 0 radical (unpaired) electrons. The zero-order valence-electron chi connectivity index (χ0n) is 15.9. The fourth-order valence-electron chi connectivity index (χ4n) is 3.25. The first kappa shape index (κ1) is 18.5. The number of ether oxygens (including phenoxy) is 2. The van der Waals surface area contributed by atoms with E-state index in [-0.39, 0.29) is 11.9 Å². The fourth-order valence-corrected chi connectivity index (χ4v) is 3.60. The summed E-state index contributed by atoms with van der Waals surface area (Å²) in [6.45, 7) is 2.39. The van der Waals surface area contributed by atoms with E-state index in [1.807, 2.05) is 55.5 Å². The molecule has 0 unspecified atom stereocenters. The molecule has 0 spiro atoms. The largest absolute Gasteiger partial charge is 0.496 e. The number of para-hydroxylation sites is 1. The average Bonchev–Trinajstić information content (AvgIpc) is 3.48. The Labute approximate surface area is 169 Å². The molecule has 28 heavy (non-hydrogen) atoms. The van der Waals surface area contributed by atoms with Crippen molar-refractivity contribution in [3.8, 4) is 11.5 Å². The lowest BCUT2D eigenvalue weighted by Gasteiger charge is -2.13. The van der Waals surface area contributed by atoms with Crippen LogP contribution in [0.1, 0.15) is 29.5 Å². The van der Waals surface area contributed by atoms with Crippen LogP contribution >= 0.6 is 12.2 Å². The Balaban J connectivity index is 1.56. The second-order valence-electron chi connectivity index (χ2n) is 7.02. The summed E-state index contributed by atoms with van der Waals surface area (Å²) >= 11 is 5.31. The van der Waals surface area contributed by atoms with E-state index in [0.29, 0.717) is 17.4 Å². The average molecular weight is 394 g/mol. The van der Waals surface area contributed by atoms with E-state index >= 15 is 0 Å². The molecule has 0 atom stereocenters. The molecule has 1 aliphatic heterocycles. The molecule has 2 aromatic carbocycles. The highest BCUT2D eigenvalue weighted by molar-refractivity contribution is 7.80. The molecule has 1 N–H and O–H groups in total. The molecule has 2 aliphatic rings. The molecule has 1 amide bonds. The topological polar surface area (TPSA) is 50.8 Å². The van der Waals surface area contributed by atoms with Crippen molar-refractivity contribution in [3.05, 3.63) is 64.9 Å². The summed E-state index contributed by atoms with van der Waals surface area (Å²) in [6.07, 6.45) is 3.86. The summed E-state index contributed by atoms with van der Waals surface area (Å²) in [7, 11) is 1.64. The Morgan fingerprint density at radius 3 is 2.71 bits per heavy atom. The van der Waals surface area contributed by atoms with Crippen LogP contribution in [-0.2, 0) is 11.4 Å². The van der Waals surface area contributed by atoms with Crippen molar-refractivity contribution >= 4 is 29.3 Å². The minimum Gasteiger partial charge on any atom is -0.496 e. The Bertz CT molecular complexity index is 966. The summed E-state index contributed by atoms with van der Waals surface area (Å²) in [6, 6.07) is 13.9. The summed E-state index contributed by atoms with van der Waals surface area (Å²) in [5.41, 5.74) is 3.38. The SMILES string of the molecule is COc1ccc(/C=C2/NC(=S)N(C3CC3)C2=O)cc1COc1ccccc1C. The molecule has 2 aromatic rings. The van der Waals surface area contributed by atoms with Crippen molar-refractivity contribution in [3.63, 3.8) is 0 Å². The number of aryl methyl sites for hydroxylation is 1. The summed E-state index contributed by atoms with van der Waals surface area (Å²) in [4.78, 5) is 14.3. The second-order valence-corrected chi connectivity index (χ2v) is 7.41. The van der Waals surface area contributed by atoms with E-state index in [1.165, 1.54) is 0 Å². The molecule has 1 heterocycles. The molecule has 1 saturated carbocycles. The minimum atomic E-state index is -0.0546. The van der Waals surface area contributed by atoms with Gasteiger partial charge in [0.05, 0.1) is 7.11 Å². The maximum Gasteiger partial charge on any atom is 0.276 e. The number of amides is 1. The van der Waals surface area contributed by atoms with Gasteiger partial charge in [-0.25, -0.2) is 0 Å². The zero-order valence-corrected chi connectivity index (χ0v) is 16.7. The van der Waals surface area contributed by atoms with Crippen molar-refractivity contribution in [2.24, 2.45) is 0 Å². The molecular formula is C22H22N2O3S. The van der Waals surface area contributed by atoms with Crippen LogP contribution in [0.4, 0.5) is 0 Å². The van der Waals surface area contributed by atoms with Gasteiger partial charge in [-0.1, -0.05) is 24.3 Å². The van der Waals surface area contributed by atoms with Gasteiger partial charge < -0.3 is 14.8 Å². The van der Waals surface area contributed by atoms with E-state index < -0.39 is 0 Å². The first-order chi connectivity index (χ1) is 13.6. The monoisotopic (exact) mass is 394 g/mol. The molecule has 2 fully saturated rings. The standard InChI is InChI=1S/C22H22N2O3S/c1-14-5-3-4-6-19(14)27-13-16-11-15(7-10-20(16)26-2)12-18-21(25)24(17-8-9-17)22(28)23-18/h3-7,10-12,17H,8-9,13H2,1-2H3,(H,23,28)/b18-12+. The van der Waals surface area contributed by atoms with Crippen LogP contribution in [0, 0.1) is 6.92 Å². The summed E-state index contributed by atoms with van der Waals surface area (Å²) in [5, 5.41) is 3.54. The second kappa shape index (κ2) is 7.64. The van der Waals surface area contributed by atoms with Crippen LogP contribution in [0.5, 0.6) is 11.5 Å². The number of thiocarbonyl (C=S) groups is 1. The number of methoxy groups -OCH3 is 1. The van der Waals surface area contributed by atoms with Crippen molar-refractivity contribution in [2.75, 3.05) is 7.11 Å². The van der Waals surface area contributed by atoms with Crippen LogP contribution < -0.4 is 14.8 Å². The van der Waals surface area contributed by atoms with E-state index in [1.54, 1.807) is 12.0 Å². The van der Waals surface area contributed by atoms with Crippen LogP contribution in [0.2, 0.25) is 0 Å². The predicted octanol–water partition coefficient (Wildman–Crippen LogP) is 3.80. The third kappa shape index (κ3) is 3.73. The Kier molecular flexibility index (Phi) is 5.05. The molecule has 1 aliphatic carbocycles. The van der Waals surface area contributed by atoms with Crippen molar-refractivity contribution in [1.82, 2.24) is 10.2 Å². The van der Waals surface area contributed by atoms with Crippen LogP contribution in [0.3, 0.4) is 0 Å². The maximum absolute atomic E-state index is 12.6. The van der Waals surface area contributed by atoms with Gasteiger partial charge in [-0.3, -0.25) is 9.69 Å². The molecule has 4 rings (SSSR count). The number of nitrogens with one attached hydrogen (secondary N) is 1. The predicted molar refractivity (Wildman–Crippen MR) is 112 cm³/mol. The lowest BCUT2D eigenvalue weighted by Crippen LogP contribution is -2.32. The number of rotatable bonds is 6. The van der Waals surface area contributed by atoms with Gasteiger partial charge in [0.1, 0.15) is 23.8 Å². The normalized spacial score (nSPS) is 17.8. The number of benzene rings is 2. The molecule has 0 aromatic heterocycles. The van der Waals surface area contributed by atoms with Crippen molar-refractivity contribution < 1.29 is 14.3 Å². The van der Waals surface area contributed by atoms with E-state index in [2.05, 4.69) is 5.32 Å². The third-order valence-electron chi connectivity index (χ3n) is 4.91. The van der Waals surface area contributed by atoms with Gasteiger partial charge in [0, 0.05) is 11.6 Å². The molecule has 6 heteroatoms. The smallest absolute Gasteiger partial charge is 0.276 e.